The maximum absolute atomic E-state index is 6.27. The van der Waals surface area contributed by atoms with Crippen molar-refractivity contribution >= 4 is 0 Å². The van der Waals surface area contributed by atoms with Crippen molar-refractivity contribution in [2.45, 2.75) is 0 Å². The van der Waals surface area contributed by atoms with Crippen LogP contribution >= 0.6 is 0 Å². The third-order valence-electron chi connectivity index (χ3n) is 0.558. The van der Waals surface area contributed by atoms with E-state index in [1.54, 1.807) is 0 Å². The zero-order valence-electron chi connectivity index (χ0n) is 6.14. The molecule has 0 bridgehead atoms. The maximum Gasteiger partial charge on any atom is 0.210 e. The minimum Gasteiger partial charge on any atom is -0.395 e. The van der Waals surface area contributed by atoms with Gasteiger partial charge in [-0.1, -0.05) is 0 Å². The van der Waals surface area contributed by atoms with E-state index in [4.69, 9.17) is 2.86 Å². The van der Waals surface area contributed by atoms with Crippen LogP contribution in [0.5, 0.6) is 0 Å². The smallest absolute Gasteiger partial charge is 0.210 e. The van der Waals surface area contributed by atoms with E-state index in [0.717, 1.165) is 0 Å². The SMILES string of the molecule is [3H]OCCNCCO[3H]. The van der Waals surface area contributed by atoms with E-state index in [1.807, 2.05) is 0 Å². The molecule has 3 nitrogen and oxygen atoms in total. The summed E-state index contributed by atoms with van der Waals surface area (Å²) in [6.07, 6.45) is 0. The van der Waals surface area contributed by atoms with Gasteiger partial charge in [0, 0.05) is 13.1 Å². The Morgan fingerprint density at radius 3 is 2.29 bits per heavy atom. The lowest BCUT2D eigenvalue weighted by atomic mass is 10.6. The molecule has 0 fully saturated rings. The summed E-state index contributed by atoms with van der Waals surface area (Å²) >= 11 is 0. The first kappa shape index (κ1) is 3.83. The van der Waals surface area contributed by atoms with Crippen LogP contribution in [0.4, 0.5) is 0 Å². The second-order valence-corrected chi connectivity index (χ2v) is 1.16. The summed E-state index contributed by atoms with van der Waals surface area (Å²) in [6, 6.07) is 0. The van der Waals surface area contributed by atoms with Crippen molar-refractivity contribution in [3.63, 3.8) is 0 Å². The summed E-state index contributed by atoms with van der Waals surface area (Å²) in [7, 11) is 0. The van der Waals surface area contributed by atoms with Crippen LogP contribution in [0.1, 0.15) is 0 Å². The van der Waals surface area contributed by atoms with Gasteiger partial charge in [0.2, 0.25) is 2.86 Å². The van der Waals surface area contributed by atoms with E-state index >= 15 is 0 Å². The summed E-state index contributed by atoms with van der Waals surface area (Å²) in [5, 5.41) is 10.9. The van der Waals surface area contributed by atoms with Gasteiger partial charge in [0.25, 0.3) is 0 Å². The second-order valence-electron chi connectivity index (χ2n) is 1.16. The van der Waals surface area contributed by atoms with Gasteiger partial charge in [0.15, 0.2) is 0 Å². The van der Waals surface area contributed by atoms with Crippen LogP contribution in [-0.4, -0.2) is 39.4 Å². The fraction of sp³-hybridized carbons (Fsp3) is 1.00. The van der Waals surface area contributed by atoms with Crippen LogP contribution in [0.2, 0.25) is 0 Å². The third kappa shape index (κ3) is 5.88. The Morgan fingerprint density at radius 1 is 1.29 bits per heavy atom. The molecule has 0 aliphatic carbocycles. The molecule has 0 amide bonds. The first-order valence-corrected chi connectivity index (χ1v) is 2.28. The molecule has 0 radical (unpaired) electrons. The predicted octanol–water partition coefficient (Wildman–Crippen LogP) is -1.44. The van der Waals surface area contributed by atoms with Crippen molar-refractivity contribution in [2.24, 2.45) is 0 Å². The molecule has 7 heavy (non-hydrogen) atoms. The van der Waals surface area contributed by atoms with Crippen LogP contribution in [0.3, 0.4) is 0 Å². The van der Waals surface area contributed by atoms with Crippen molar-refractivity contribution in [1.82, 2.24) is 5.32 Å². The molecule has 0 rings (SSSR count). The van der Waals surface area contributed by atoms with Crippen LogP contribution in [-0.2, 0) is 0 Å². The molecule has 3 heteroatoms. The van der Waals surface area contributed by atoms with Gasteiger partial charge in [-0.25, -0.2) is 0 Å². The van der Waals surface area contributed by atoms with Crippen LogP contribution in [0.15, 0.2) is 0 Å². The number of rotatable bonds is 6. The zero-order valence-corrected chi connectivity index (χ0v) is 4.14. The van der Waals surface area contributed by atoms with E-state index in [1.165, 1.54) is 0 Å². The largest absolute Gasteiger partial charge is 0.395 e. The van der Waals surface area contributed by atoms with Crippen molar-refractivity contribution in [3.05, 3.63) is 0 Å². The highest BCUT2D eigenvalue weighted by molar-refractivity contribution is 4.39. The first-order valence-electron chi connectivity index (χ1n) is 3.10. The van der Waals surface area contributed by atoms with Gasteiger partial charge in [0.1, 0.15) is 0 Å². The maximum atomic E-state index is 6.27. The predicted molar refractivity (Wildman–Crippen MR) is 27.0 cm³/mol. The highest BCUT2D eigenvalue weighted by atomic mass is 16.3. The lowest BCUT2D eigenvalue weighted by molar-refractivity contribution is 0.267. The average molecular weight is 109 g/mol. The number of aliphatic hydroxyl groups is 2. The Hall–Kier alpha value is -0.120. The summed E-state index contributed by atoms with van der Waals surface area (Å²) < 4.78 is 12.5. The number of nitrogens with one attached hydrogen (secondary N) is 1. The molecule has 0 heterocycles. The van der Waals surface area contributed by atoms with Gasteiger partial charge in [-0.3, -0.25) is 0 Å². The lowest BCUT2D eigenvalue weighted by Gasteiger charge is -1.94. The minimum atomic E-state index is 0.373. The molecule has 0 atom stereocenters. The fourth-order valence-corrected chi connectivity index (χ4v) is 0.269. The van der Waals surface area contributed by atoms with Crippen LogP contribution in [0.25, 0.3) is 0 Å². The average Bonchev–Trinajstić information content (AvgIpc) is 1.89. The third-order valence-corrected chi connectivity index (χ3v) is 0.558. The van der Waals surface area contributed by atoms with E-state index < -0.39 is 0 Å². The minimum absolute atomic E-state index is 0.373. The quantitative estimate of drug-likeness (QED) is 0.366. The summed E-state index contributed by atoms with van der Waals surface area (Å²) in [5.74, 6) is 0. The zero-order chi connectivity index (χ0) is 6.95. The summed E-state index contributed by atoms with van der Waals surface area (Å²) in [6.45, 7) is 2.01. The normalized spacial score (nSPS) is 13.1. The molecular weight excluding hydrogens is 94.0 g/mol. The Morgan fingerprint density at radius 2 is 1.86 bits per heavy atom. The van der Waals surface area contributed by atoms with Crippen molar-refractivity contribution < 1.29 is 10.2 Å². The Labute approximate surface area is 46.0 Å². The van der Waals surface area contributed by atoms with Gasteiger partial charge in [0.05, 0.1) is 13.2 Å². The van der Waals surface area contributed by atoms with E-state index in [9.17, 15) is 0 Å². The van der Waals surface area contributed by atoms with Crippen LogP contribution in [0, 0.1) is 0 Å². The van der Waals surface area contributed by atoms with E-state index in [2.05, 4.69) is 15.5 Å². The lowest BCUT2D eigenvalue weighted by Crippen LogP contribution is -2.21. The van der Waals surface area contributed by atoms with Crippen molar-refractivity contribution in [2.75, 3.05) is 26.3 Å². The Bertz CT molecular complexity index is 49.8. The molecule has 0 saturated carbocycles. The monoisotopic (exact) mass is 109 g/mol. The van der Waals surface area contributed by atoms with Gasteiger partial charge >= 0.3 is 0 Å². The van der Waals surface area contributed by atoms with Gasteiger partial charge in [-0.05, 0) is 0 Å². The molecule has 0 saturated heterocycles. The number of aliphatic hydroxyl groups excluding tert-OH is 2. The molecule has 3 N–H and O–H groups in total. The topological polar surface area (TPSA) is 52.5 Å². The first-order chi connectivity index (χ1) is 4.41. The molecule has 0 aliphatic heterocycles. The van der Waals surface area contributed by atoms with Crippen LogP contribution < -0.4 is 5.32 Å². The molecule has 44 valence electrons. The number of hydrogen-bond donors (Lipinski definition) is 3. The fourth-order valence-electron chi connectivity index (χ4n) is 0.269. The van der Waals surface area contributed by atoms with E-state index in [0.29, 0.717) is 26.3 Å². The number of hydrogen-bond acceptors (Lipinski definition) is 3. The Kier molecular flexibility index (Phi) is 3.22. The molecule has 0 unspecified atom stereocenters. The van der Waals surface area contributed by atoms with Gasteiger partial charge in [-0.2, -0.15) is 0 Å². The highest BCUT2D eigenvalue weighted by Crippen LogP contribution is 1.54. The summed E-state index contributed by atoms with van der Waals surface area (Å²) in [5.41, 5.74) is 0. The Balaban J connectivity index is 2.60. The highest BCUT2D eigenvalue weighted by Gasteiger charge is 1.78. The van der Waals surface area contributed by atoms with E-state index in [-0.39, 0.29) is 0 Å². The molecular formula is C4H11NO2. The summed E-state index contributed by atoms with van der Waals surface area (Å²) in [4.78, 5) is 0. The standard InChI is InChI=1S/C4H11NO2/c6-3-1-5-2-4-7/h5-7H,1-4H2/i6T,7T. The molecule has 0 spiro atoms. The van der Waals surface area contributed by atoms with Gasteiger partial charge < -0.3 is 15.5 Å². The molecule has 0 aromatic heterocycles. The van der Waals surface area contributed by atoms with Crippen molar-refractivity contribution in [3.8, 4) is 0 Å². The molecule has 0 aromatic carbocycles. The molecule has 0 aliphatic rings. The van der Waals surface area contributed by atoms with Crippen molar-refractivity contribution in [1.29, 1.82) is 2.86 Å². The second kappa shape index (κ2) is 5.88. The van der Waals surface area contributed by atoms with Gasteiger partial charge in [-0.15, -0.1) is 0 Å². The molecule has 0 aromatic rings.